The van der Waals surface area contributed by atoms with E-state index in [0.717, 1.165) is 5.56 Å². The Hall–Kier alpha value is -2.09. The van der Waals surface area contributed by atoms with Gasteiger partial charge in [-0.1, -0.05) is 0 Å². The maximum absolute atomic E-state index is 11.9. The molecule has 0 amide bonds. The second-order valence-electron chi connectivity index (χ2n) is 4.07. The van der Waals surface area contributed by atoms with E-state index in [1.165, 1.54) is 4.68 Å². The first-order chi connectivity index (χ1) is 8.97. The van der Waals surface area contributed by atoms with Crippen molar-refractivity contribution in [2.75, 3.05) is 12.4 Å². The fraction of sp³-hybridized carbons (Fsp3) is 0.364. The first kappa shape index (κ1) is 13.3. The minimum absolute atomic E-state index is 0.305. The summed E-state index contributed by atoms with van der Waals surface area (Å²) in [6, 6.07) is 0. The van der Waals surface area contributed by atoms with Crippen LogP contribution in [0, 0.1) is 18.6 Å². The van der Waals surface area contributed by atoms with Crippen LogP contribution in [0.2, 0.25) is 0 Å². The van der Waals surface area contributed by atoms with Gasteiger partial charge < -0.3 is 15.6 Å². The number of nitrogens with one attached hydrogen (secondary N) is 2. The predicted molar refractivity (Wildman–Crippen MR) is 72.8 cm³/mol. The number of nitrogens with zero attached hydrogens (tertiary/aromatic N) is 2. The highest BCUT2D eigenvalue weighted by Crippen LogP contribution is 2.26. The molecule has 0 saturated heterocycles. The van der Waals surface area contributed by atoms with Gasteiger partial charge in [-0.05, 0) is 38.6 Å². The molecule has 0 aromatic carbocycles. The summed E-state index contributed by atoms with van der Waals surface area (Å²) in [5.74, 6) is 5.86. The van der Waals surface area contributed by atoms with Crippen LogP contribution in [0.1, 0.15) is 28.5 Å². The topological polar surface area (TPSA) is 102 Å². The molecule has 0 aliphatic heterocycles. The van der Waals surface area contributed by atoms with Crippen LogP contribution in [-0.2, 0) is 4.74 Å². The normalized spacial score (nSPS) is 10.7. The van der Waals surface area contributed by atoms with Gasteiger partial charge in [0.2, 0.25) is 4.77 Å². The van der Waals surface area contributed by atoms with E-state index in [-0.39, 0.29) is 5.97 Å². The van der Waals surface area contributed by atoms with Gasteiger partial charge in [0.1, 0.15) is 0 Å². The molecule has 0 aliphatic rings. The summed E-state index contributed by atoms with van der Waals surface area (Å²) in [7, 11) is 0. The molecule has 0 radical (unpaired) electrons. The fourth-order valence-electron chi connectivity index (χ4n) is 1.96. The minimum Gasteiger partial charge on any atom is -0.462 e. The summed E-state index contributed by atoms with van der Waals surface area (Å²) in [6.45, 7) is 5.70. The SMILES string of the molecule is CCOC(=O)c1c(C)[nH]c(-c2n[nH]c(=S)n2N)c1C. The van der Waals surface area contributed by atoms with Gasteiger partial charge in [0.25, 0.3) is 0 Å². The molecular formula is C11H15N5O2S. The number of nitrogen functional groups attached to an aromatic ring is 1. The van der Waals surface area contributed by atoms with Gasteiger partial charge >= 0.3 is 5.97 Å². The van der Waals surface area contributed by atoms with Crippen molar-refractivity contribution in [1.29, 1.82) is 0 Å². The monoisotopic (exact) mass is 281 g/mol. The Bertz CT molecular complexity index is 682. The Morgan fingerprint density at radius 2 is 2.21 bits per heavy atom. The van der Waals surface area contributed by atoms with Crippen LogP contribution in [0.25, 0.3) is 11.5 Å². The molecule has 7 nitrogen and oxygen atoms in total. The van der Waals surface area contributed by atoms with Crippen molar-refractivity contribution in [3.05, 3.63) is 21.6 Å². The molecule has 0 spiro atoms. The molecule has 8 heteroatoms. The van der Waals surface area contributed by atoms with Gasteiger partial charge in [-0.15, -0.1) is 0 Å². The van der Waals surface area contributed by atoms with Crippen molar-refractivity contribution in [2.45, 2.75) is 20.8 Å². The highest BCUT2D eigenvalue weighted by atomic mass is 32.1. The number of esters is 1. The van der Waals surface area contributed by atoms with E-state index < -0.39 is 0 Å². The van der Waals surface area contributed by atoms with Gasteiger partial charge in [-0.25, -0.2) is 14.6 Å². The lowest BCUT2D eigenvalue weighted by Gasteiger charge is -2.02. The van der Waals surface area contributed by atoms with Gasteiger partial charge in [0.05, 0.1) is 17.9 Å². The Balaban J connectivity index is 2.56. The van der Waals surface area contributed by atoms with Crippen LogP contribution in [0.4, 0.5) is 0 Å². The summed E-state index contributed by atoms with van der Waals surface area (Å²) < 4.78 is 6.59. The predicted octanol–water partition coefficient (Wildman–Crippen LogP) is 1.44. The molecular weight excluding hydrogens is 266 g/mol. The zero-order chi connectivity index (χ0) is 14.2. The van der Waals surface area contributed by atoms with Gasteiger partial charge in [-0.2, -0.15) is 5.10 Å². The number of rotatable bonds is 3. The van der Waals surface area contributed by atoms with Crippen molar-refractivity contribution < 1.29 is 9.53 Å². The highest BCUT2D eigenvalue weighted by Gasteiger charge is 2.22. The van der Waals surface area contributed by atoms with Gasteiger partial charge in [-0.3, -0.25) is 0 Å². The molecule has 0 unspecified atom stereocenters. The molecule has 2 aromatic heterocycles. The average molecular weight is 281 g/mol. The molecule has 0 aliphatic carbocycles. The smallest absolute Gasteiger partial charge is 0.340 e. The van der Waals surface area contributed by atoms with E-state index in [1.807, 2.05) is 6.92 Å². The number of aromatic amines is 2. The third kappa shape index (κ3) is 2.14. The third-order valence-electron chi connectivity index (χ3n) is 2.85. The van der Waals surface area contributed by atoms with Crippen LogP contribution in [0.3, 0.4) is 0 Å². The molecule has 4 N–H and O–H groups in total. The lowest BCUT2D eigenvalue weighted by Crippen LogP contribution is -2.10. The number of hydrogen-bond donors (Lipinski definition) is 3. The van der Waals surface area contributed by atoms with Crippen molar-refractivity contribution >= 4 is 18.2 Å². The first-order valence-corrected chi connectivity index (χ1v) is 6.17. The van der Waals surface area contributed by atoms with E-state index in [1.54, 1.807) is 13.8 Å². The highest BCUT2D eigenvalue weighted by molar-refractivity contribution is 7.71. The molecule has 0 atom stereocenters. The van der Waals surface area contributed by atoms with Crippen molar-refractivity contribution in [2.24, 2.45) is 0 Å². The zero-order valence-corrected chi connectivity index (χ0v) is 11.7. The molecule has 2 aromatic rings. The molecule has 2 heterocycles. The summed E-state index contributed by atoms with van der Waals surface area (Å²) >= 11 is 4.96. The number of nitrogens with two attached hydrogens (primary N) is 1. The second-order valence-corrected chi connectivity index (χ2v) is 4.45. The molecule has 2 rings (SSSR count). The number of H-pyrrole nitrogens is 2. The van der Waals surface area contributed by atoms with Crippen molar-refractivity contribution in [3.63, 3.8) is 0 Å². The zero-order valence-electron chi connectivity index (χ0n) is 10.9. The van der Waals surface area contributed by atoms with Crippen LogP contribution in [-0.4, -0.2) is 32.4 Å². The Labute approximate surface area is 114 Å². The minimum atomic E-state index is -0.363. The van der Waals surface area contributed by atoms with Crippen LogP contribution < -0.4 is 5.84 Å². The number of aromatic nitrogens is 4. The Morgan fingerprint density at radius 1 is 1.53 bits per heavy atom. The maximum Gasteiger partial charge on any atom is 0.340 e. The molecule has 19 heavy (non-hydrogen) atoms. The quantitative estimate of drug-likeness (QED) is 0.449. The molecule has 0 saturated carbocycles. The van der Waals surface area contributed by atoms with Gasteiger partial charge in [0.15, 0.2) is 5.82 Å². The first-order valence-electron chi connectivity index (χ1n) is 5.76. The van der Waals surface area contributed by atoms with E-state index in [9.17, 15) is 4.79 Å². The number of carbonyl (C=O) groups is 1. The summed E-state index contributed by atoms with van der Waals surface area (Å²) in [6.07, 6.45) is 0. The maximum atomic E-state index is 11.9. The standard InChI is InChI=1S/C11H15N5O2S/c1-4-18-10(17)7-5(2)8(13-6(7)3)9-14-15-11(19)16(9)12/h13H,4,12H2,1-3H3,(H,15,19). The van der Waals surface area contributed by atoms with Crippen LogP contribution in [0.15, 0.2) is 0 Å². The van der Waals surface area contributed by atoms with Gasteiger partial charge in [0, 0.05) is 5.69 Å². The van der Waals surface area contributed by atoms with Crippen LogP contribution in [0.5, 0.6) is 0 Å². The second kappa shape index (κ2) is 4.88. The number of hydrogen-bond acceptors (Lipinski definition) is 5. The molecule has 0 bridgehead atoms. The molecule has 102 valence electrons. The van der Waals surface area contributed by atoms with E-state index in [0.29, 0.717) is 34.2 Å². The summed E-state index contributed by atoms with van der Waals surface area (Å²) in [4.78, 5) is 15.0. The van der Waals surface area contributed by atoms with Crippen molar-refractivity contribution in [3.8, 4) is 11.5 Å². The number of aryl methyl sites for hydroxylation is 1. The summed E-state index contributed by atoms with van der Waals surface area (Å²) in [5, 5.41) is 6.64. The largest absolute Gasteiger partial charge is 0.462 e. The lowest BCUT2D eigenvalue weighted by molar-refractivity contribution is 0.0525. The lowest BCUT2D eigenvalue weighted by atomic mass is 10.1. The number of ether oxygens (including phenoxy) is 1. The Morgan fingerprint density at radius 3 is 2.74 bits per heavy atom. The van der Waals surface area contributed by atoms with E-state index in [4.69, 9.17) is 22.8 Å². The van der Waals surface area contributed by atoms with E-state index in [2.05, 4.69) is 15.2 Å². The van der Waals surface area contributed by atoms with E-state index >= 15 is 0 Å². The number of carbonyl (C=O) groups excluding carboxylic acids is 1. The third-order valence-corrected chi connectivity index (χ3v) is 3.13. The average Bonchev–Trinajstić information content (AvgIpc) is 2.82. The summed E-state index contributed by atoms with van der Waals surface area (Å²) in [5.41, 5.74) is 2.60. The molecule has 0 fully saturated rings. The fourth-order valence-corrected chi connectivity index (χ4v) is 2.10. The Kier molecular flexibility index (Phi) is 3.43. The van der Waals surface area contributed by atoms with Crippen molar-refractivity contribution in [1.82, 2.24) is 19.9 Å². The van der Waals surface area contributed by atoms with Crippen LogP contribution >= 0.6 is 12.2 Å².